The predicted octanol–water partition coefficient (Wildman–Crippen LogP) is 5.51. The van der Waals surface area contributed by atoms with E-state index in [0.717, 1.165) is 11.5 Å². The third kappa shape index (κ3) is 7.88. The number of aromatic nitrogens is 2. The molecule has 8 heteroatoms. The predicted molar refractivity (Wildman–Crippen MR) is 135 cm³/mol. The van der Waals surface area contributed by atoms with E-state index in [9.17, 15) is 5.11 Å². The fourth-order valence-electron chi connectivity index (χ4n) is 3.82. The first-order chi connectivity index (χ1) is 16.5. The Morgan fingerprint density at radius 3 is 2.41 bits per heavy atom. The normalized spacial score (nSPS) is 12.9. The number of nitrogens with zero attached hydrogens (tertiary/aromatic N) is 2. The van der Waals surface area contributed by atoms with Crippen LogP contribution >= 0.6 is 0 Å². The zero-order chi connectivity index (χ0) is 24.9. The molecule has 0 saturated heterocycles. The number of anilines is 1. The Bertz CT molecular complexity index is 1070. The average molecular weight is 464 g/mol. The van der Waals surface area contributed by atoms with Gasteiger partial charge in [0.1, 0.15) is 18.4 Å². The second kappa shape index (κ2) is 13.6. The summed E-state index contributed by atoms with van der Waals surface area (Å²) in [6.07, 6.45) is 8.50. The standard InChI is InChI=1S/C13H15N5O.C12H16O.CH2O/c1-9(14)19-13(15)10-4-3-5-11(8-10)18-7-6-12(16-2)17-18;13-12-8-4-7-11(9-12)10-5-2-1-3-6-10;1-2/h3-8,14-15H,1-2H3,(H,16,17);4,7-10,13H,1-3,5-6H2;1H2. The molecule has 1 saturated carbocycles. The Balaban J connectivity index is 0.000000237. The lowest BCUT2D eigenvalue weighted by Crippen LogP contribution is -2.09. The maximum Gasteiger partial charge on any atom is 0.220 e. The molecule has 1 heterocycles. The van der Waals surface area contributed by atoms with E-state index in [1.54, 1.807) is 29.9 Å². The van der Waals surface area contributed by atoms with Crippen molar-refractivity contribution < 1.29 is 14.6 Å². The van der Waals surface area contributed by atoms with Crippen LogP contribution in [0.5, 0.6) is 5.75 Å². The van der Waals surface area contributed by atoms with Gasteiger partial charge in [-0.15, -0.1) is 0 Å². The molecule has 1 aliphatic carbocycles. The van der Waals surface area contributed by atoms with Crippen molar-refractivity contribution in [2.45, 2.75) is 44.9 Å². The van der Waals surface area contributed by atoms with E-state index >= 15 is 0 Å². The van der Waals surface area contributed by atoms with Gasteiger partial charge in [0.25, 0.3) is 0 Å². The Hall–Kier alpha value is -3.94. The van der Waals surface area contributed by atoms with Crippen molar-refractivity contribution in [3.8, 4) is 11.4 Å². The fourth-order valence-corrected chi connectivity index (χ4v) is 3.82. The molecule has 4 rings (SSSR count). The minimum absolute atomic E-state index is 0.00744. The number of carbonyl (C=O) groups is 1. The molecular formula is C26H33N5O3. The van der Waals surface area contributed by atoms with Gasteiger partial charge >= 0.3 is 0 Å². The highest BCUT2D eigenvalue weighted by Gasteiger charge is 2.15. The van der Waals surface area contributed by atoms with Crippen molar-refractivity contribution in [3.63, 3.8) is 0 Å². The summed E-state index contributed by atoms with van der Waals surface area (Å²) in [4.78, 5) is 8.00. The SMILES string of the molecule is C=O.CNc1ccn(-c2cccc(C(=N)OC(C)=N)c2)n1.Oc1cccc(C2CCCCC2)c1. The Kier molecular flexibility index (Phi) is 10.5. The monoisotopic (exact) mass is 463 g/mol. The van der Waals surface area contributed by atoms with E-state index in [1.165, 1.54) is 44.6 Å². The highest BCUT2D eigenvalue weighted by atomic mass is 16.5. The zero-order valence-corrected chi connectivity index (χ0v) is 19.8. The van der Waals surface area contributed by atoms with Crippen LogP contribution < -0.4 is 5.32 Å². The van der Waals surface area contributed by atoms with E-state index in [4.69, 9.17) is 20.3 Å². The smallest absolute Gasteiger partial charge is 0.220 e. The van der Waals surface area contributed by atoms with Gasteiger partial charge in [-0.2, -0.15) is 5.10 Å². The third-order valence-corrected chi connectivity index (χ3v) is 5.42. The number of ether oxygens (including phenoxy) is 1. The molecule has 1 fully saturated rings. The topological polar surface area (TPSA) is 124 Å². The fraction of sp³-hybridized carbons (Fsp3) is 0.308. The second-order valence-electron chi connectivity index (χ2n) is 7.86. The minimum atomic E-state index is -0.0460. The summed E-state index contributed by atoms with van der Waals surface area (Å²) < 4.78 is 6.69. The van der Waals surface area contributed by atoms with Crippen LogP contribution in [-0.4, -0.2) is 40.5 Å². The van der Waals surface area contributed by atoms with Gasteiger partial charge < -0.3 is 20.0 Å². The number of phenols is 1. The Labute approximate surface area is 200 Å². The maximum atomic E-state index is 9.34. The molecule has 34 heavy (non-hydrogen) atoms. The lowest BCUT2D eigenvalue weighted by molar-refractivity contribution is -0.0980. The Morgan fingerprint density at radius 2 is 1.79 bits per heavy atom. The summed E-state index contributed by atoms with van der Waals surface area (Å²) in [5.41, 5.74) is 2.75. The first-order valence-corrected chi connectivity index (χ1v) is 11.2. The quantitative estimate of drug-likeness (QED) is 0.300. The van der Waals surface area contributed by atoms with Crippen molar-refractivity contribution in [2.24, 2.45) is 0 Å². The van der Waals surface area contributed by atoms with Crippen LogP contribution in [0.25, 0.3) is 5.69 Å². The zero-order valence-electron chi connectivity index (χ0n) is 19.8. The number of benzene rings is 2. The van der Waals surface area contributed by atoms with E-state index in [0.29, 0.717) is 17.2 Å². The van der Waals surface area contributed by atoms with Gasteiger partial charge in [-0.05, 0) is 54.7 Å². The van der Waals surface area contributed by atoms with Crippen LogP contribution in [0.2, 0.25) is 0 Å². The molecule has 0 aliphatic heterocycles. The van der Waals surface area contributed by atoms with Gasteiger partial charge in [0.15, 0.2) is 5.90 Å². The molecule has 4 N–H and O–H groups in total. The number of carbonyl (C=O) groups excluding carboxylic acids is 1. The summed E-state index contributed by atoms with van der Waals surface area (Å²) in [6.45, 7) is 3.49. The van der Waals surface area contributed by atoms with Crippen molar-refractivity contribution in [3.05, 3.63) is 71.9 Å². The third-order valence-electron chi connectivity index (χ3n) is 5.42. The number of nitrogens with one attached hydrogen (secondary N) is 3. The molecule has 8 nitrogen and oxygen atoms in total. The minimum Gasteiger partial charge on any atom is -0.508 e. The van der Waals surface area contributed by atoms with Gasteiger partial charge in [0.05, 0.1) is 5.69 Å². The van der Waals surface area contributed by atoms with Crippen molar-refractivity contribution in [1.29, 1.82) is 10.8 Å². The summed E-state index contributed by atoms with van der Waals surface area (Å²) in [6, 6.07) is 16.9. The molecule has 3 aromatic rings. The molecule has 0 spiro atoms. The van der Waals surface area contributed by atoms with Crippen LogP contribution in [0.3, 0.4) is 0 Å². The molecule has 0 unspecified atom stereocenters. The molecule has 0 radical (unpaired) electrons. The maximum absolute atomic E-state index is 9.34. The number of phenolic OH excluding ortho intramolecular Hbond substituents is 1. The summed E-state index contributed by atoms with van der Waals surface area (Å²) in [5.74, 6) is 1.82. The van der Waals surface area contributed by atoms with Gasteiger partial charge in [-0.3, -0.25) is 10.8 Å². The largest absolute Gasteiger partial charge is 0.508 e. The van der Waals surface area contributed by atoms with Gasteiger partial charge in [-0.1, -0.05) is 37.5 Å². The lowest BCUT2D eigenvalue weighted by atomic mass is 9.84. The van der Waals surface area contributed by atoms with Crippen molar-refractivity contribution >= 4 is 24.4 Å². The molecular weight excluding hydrogens is 430 g/mol. The summed E-state index contributed by atoms with van der Waals surface area (Å²) >= 11 is 0. The van der Waals surface area contributed by atoms with Crippen molar-refractivity contribution in [2.75, 3.05) is 12.4 Å². The molecule has 0 bridgehead atoms. The Morgan fingerprint density at radius 1 is 1.09 bits per heavy atom. The van der Waals surface area contributed by atoms with E-state index in [2.05, 4.69) is 16.5 Å². The first-order valence-electron chi connectivity index (χ1n) is 11.2. The lowest BCUT2D eigenvalue weighted by Gasteiger charge is -2.21. The van der Waals surface area contributed by atoms with Gasteiger partial charge in [-0.25, -0.2) is 4.68 Å². The highest BCUT2D eigenvalue weighted by molar-refractivity contribution is 5.98. The highest BCUT2D eigenvalue weighted by Crippen LogP contribution is 2.33. The second-order valence-corrected chi connectivity index (χ2v) is 7.86. The van der Waals surface area contributed by atoms with Crippen LogP contribution in [0.1, 0.15) is 56.1 Å². The van der Waals surface area contributed by atoms with Crippen LogP contribution in [0, 0.1) is 10.8 Å². The van der Waals surface area contributed by atoms with Gasteiger partial charge in [0, 0.05) is 31.8 Å². The van der Waals surface area contributed by atoms with E-state index < -0.39 is 0 Å². The number of hydrogen-bond donors (Lipinski definition) is 4. The molecule has 0 amide bonds. The van der Waals surface area contributed by atoms with Crippen LogP contribution in [0.4, 0.5) is 5.82 Å². The van der Waals surface area contributed by atoms with E-state index in [-0.39, 0.29) is 11.8 Å². The summed E-state index contributed by atoms with van der Waals surface area (Å²) in [7, 11) is 1.81. The average Bonchev–Trinajstić information content (AvgIpc) is 3.36. The number of rotatable bonds is 4. The van der Waals surface area contributed by atoms with Crippen LogP contribution in [0.15, 0.2) is 60.8 Å². The van der Waals surface area contributed by atoms with Crippen LogP contribution in [-0.2, 0) is 9.53 Å². The van der Waals surface area contributed by atoms with E-state index in [1.807, 2.05) is 43.3 Å². The molecule has 1 aromatic heterocycles. The number of hydrogen-bond acceptors (Lipinski definition) is 7. The number of aromatic hydroxyl groups is 1. The molecule has 2 aromatic carbocycles. The van der Waals surface area contributed by atoms with Gasteiger partial charge in [0.2, 0.25) is 5.90 Å². The van der Waals surface area contributed by atoms with Crippen molar-refractivity contribution in [1.82, 2.24) is 9.78 Å². The first kappa shape index (κ1) is 26.3. The molecule has 1 aliphatic rings. The molecule has 0 atom stereocenters. The summed E-state index contributed by atoms with van der Waals surface area (Å²) in [5, 5.41) is 31.6. The molecule has 180 valence electrons.